The van der Waals surface area contributed by atoms with Crippen LogP contribution in [0, 0.1) is 29.1 Å². The van der Waals surface area contributed by atoms with Gasteiger partial charge in [-0.3, -0.25) is 14.4 Å². The number of epoxide rings is 1. The van der Waals surface area contributed by atoms with Crippen molar-refractivity contribution in [3.8, 4) is 0 Å². The number of hydrogen-bond donors (Lipinski definition) is 2. The number of aliphatic hydroxyl groups is 2. The van der Waals surface area contributed by atoms with Gasteiger partial charge in [0.05, 0.1) is 12.0 Å². The van der Waals surface area contributed by atoms with Crippen LogP contribution in [0.25, 0.3) is 0 Å². The van der Waals surface area contributed by atoms with Crippen molar-refractivity contribution in [3.05, 3.63) is 12.2 Å². The zero-order valence-corrected chi connectivity index (χ0v) is 19.2. The average molecular weight is 449 g/mol. The Bertz CT molecular complexity index is 944. The SMILES string of the molecule is C=C1[C@@H]2[C@H]3[C@@](C(C)=O)(C[C@@H]1O)C(=O)O[C@@]3(C)[C@H](O)[C@@]13C[C@@H](C)[C@@H](OC(=O)[C@H](C)CC)[C@@]21O3. The summed E-state index contributed by atoms with van der Waals surface area (Å²) in [5.41, 5.74) is -4.82. The van der Waals surface area contributed by atoms with Crippen LogP contribution >= 0.6 is 0 Å². The molecule has 2 heterocycles. The Labute approximate surface area is 187 Å². The van der Waals surface area contributed by atoms with Crippen LogP contribution in [0.1, 0.15) is 53.9 Å². The van der Waals surface area contributed by atoms with Gasteiger partial charge >= 0.3 is 11.9 Å². The zero-order valence-electron chi connectivity index (χ0n) is 19.2. The lowest BCUT2D eigenvalue weighted by molar-refractivity contribution is -0.174. The second-order valence-corrected chi connectivity index (χ2v) is 10.9. The third kappa shape index (κ3) is 2.08. The first-order valence-electron chi connectivity index (χ1n) is 11.5. The van der Waals surface area contributed by atoms with Gasteiger partial charge in [0.2, 0.25) is 0 Å². The van der Waals surface area contributed by atoms with Crippen molar-refractivity contribution >= 4 is 17.7 Å². The Kier molecular flexibility index (Phi) is 4.28. The predicted molar refractivity (Wildman–Crippen MR) is 110 cm³/mol. The monoisotopic (exact) mass is 448 g/mol. The van der Waals surface area contributed by atoms with E-state index in [2.05, 4.69) is 6.58 Å². The van der Waals surface area contributed by atoms with Gasteiger partial charge in [0, 0.05) is 18.3 Å². The summed E-state index contributed by atoms with van der Waals surface area (Å²) in [6.45, 7) is 12.7. The predicted octanol–water partition coefficient (Wildman–Crippen LogP) is 1.31. The van der Waals surface area contributed by atoms with Crippen molar-refractivity contribution in [1.29, 1.82) is 0 Å². The highest BCUT2D eigenvalue weighted by Gasteiger charge is 2.95. The van der Waals surface area contributed by atoms with E-state index >= 15 is 0 Å². The van der Waals surface area contributed by atoms with Crippen LogP contribution in [0.2, 0.25) is 0 Å². The van der Waals surface area contributed by atoms with Gasteiger partial charge in [-0.05, 0) is 38.2 Å². The molecule has 176 valence electrons. The second kappa shape index (κ2) is 6.21. The summed E-state index contributed by atoms with van der Waals surface area (Å²) in [4.78, 5) is 38.9. The summed E-state index contributed by atoms with van der Waals surface area (Å²) in [6, 6.07) is 0. The lowest BCUT2D eigenvalue weighted by Crippen LogP contribution is -2.69. The number of rotatable bonds is 4. The van der Waals surface area contributed by atoms with Gasteiger partial charge in [0.25, 0.3) is 0 Å². The highest BCUT2D eigenvalue weighted by molar-refractivity contribution is 6.05. The fourth-order valence-corrected chi connectivity index (χ4v) is 7.65. The lowest BCUT2D eigenvalue weighted by atomic mass is 9.46. The van der Waals surface area contributed by atoms with Crippen molar-refractivity contribution < 1.29 is 38.8 Å². The van der Waals surface area contributed by atoms with Crippen LogP contribution in [0.3, 0.4) is 0 Å². The molecule has 3 aliphatic carbocycles. The van der Waals surface area contributed by atoms with Crippen LogP contribution in [-0.4, -0.2) is 63.0 Å². The number of ketones is 1. The number of ether oxygens (including phenoxy) is 3. The van der Waals surface area contributed by atoms with Crippen molar-refractivity contribution in [3.63, 3.8) is 0 Å². The Morgan fingerprint density at radius 1 is 1.31 bits per heavy atom. The molecule has 0 aromatic heterocycles. The van der Waals surface area contributed by atoms with Gasteiger partial charge in [0.15, 0.2) is 0 Å². The summed E-state index contributed by atoms with van der Waals surface area (Å²) < 4.78 is 18.2. The topological polar surface area (TPSA) is 123 Å². The molecule has 32 heavy (non-hydrogen) atoms. The first-order valence-corrected chi connectivity index (χ1v) is 11.5. The number of Topliss-reactive ketones (excluding diaryl/α,β-unsaturated/α-hetero) is 1. The molecule has 2 saturated heterocycles. The van der Waals surface area contributed by atoms with E-state index in [1.54, 1.807) is 13.8 Å². The van der Waals surface area contributed by atoms with E-state index in [9.17, 15) is 24.6 Å². The highest BCUT2D eigenvalue weighted by Crippen LogP contribution is 2.79. The minimum atomic E-state index is -1.61. The molecular formula is C24H32O8. The second-order valence-electron chi connectivity index (χ2n) is 10.9. The fourth-order valence-electron chi connectivity index (χ4n) is 7.65. The van der Waals surface area contributed by atoms with Crippen molar-refractivity contribution in [1.82, 2.24) is 0 Å². The number of aliphatic hydroxyl groups excluding tert-OH is 2. The molecule has 2 aliphatic heterocycles. The van der Waals surface area contributed by atoms with Crippen molar-refractivity contribution in [2.45, 2.75) is 89.0 Å². The van der Waals surface area contributed by atoms with E-state index < -0.39 is 64.1 Å². The fraction of sp³-hybridized carbons (Fsp3) is 0.792. The van der Waals surface area contributed by atoms with Gasteiger partial charge in [-0.25, -0.2) is 0 Å². The van der Waals surface area contributed by atoms with Crippen LogP contribution in [0.5, 0.6) is 0 Å². The smallest absolute Gasteiger partial charge is 0.320 e. The van der Waals surface area contributed by atoms with Gasteiger partial charge in [-0.15, -0.1) is 0 Å². The molecule has 2 N–H and O–H groups in total. The molecule has 3 saturated carbocycles. The normalized spacial score (nSPS) is 53.6. The third-order valence-electron chi connectivity index (χ3n) is 9.37. The summed E-state index contributed by atoms with van der Waals surface area (Å²) in [6.07, 6.45) is -2.15. The average Bonchev–Trinajstić information content (AvgIpc) is 3.25. The van der Waals surface area contributed by atoms with Gasteiger partial charge in [0.1, 0.15) is 40.2 Å². The summed E-state index contributed by atoms with van der Waals surface area (Å²) in [7, 11) is 0. The van der Waals surface area contributed by atoms with Gasteiger partial charge < -0.3 is 24.4 Å². The maximum absolute atomic E-state index is 13.2. The molecule has 0 spiro atoms. The minimum Gasteiger partial charge on any atom is -0.459 e. The Morgan fingerprint density at radius 3 is 2.56 bits per heavy atom. The molecule has 5 aliphatic rings. The first kappa shape index (κ1) is 22.0. The van der Waals surface area contributed by atoms with Crippen LogP contribution in [0.15, 0.2) is 12.2 Å². The van der Waals surface area contributed by atoms with E-state index in [0.29, 0.717) is 18.4 Å². The number of esters is 2. The van der Waals surface area contributed by atoms with Crippen LogP contribution in [-0.2, 0) is 28.6 Å². The number of carbonyl (C=O) groups excluding carboxylic acids is 3. The quantitative estimate of drug-likeness (QED) is 0.286. The van der Waals surface area contributed by atoms with Crippen molar-refractivity contribution in [2.75, 3.05) is 0 Å². The highest BCUT2D eigenvalue weighted by atomic mass is 16.7. The number of carbonyl (C=O) groups is 3. The Morgan fingerprint density at radius 2 is 1.97 bits per heavy atom. The summed E-state index contributed by atoms with van der Waals surface area (Å²) in [5, 5.41) is 22.5. The molecule has 5 fully saturated rings. The molecule has 8 nitrogen and oxygen atoms in total. The van der Waals surface area contributed by atoms with E-state index in [0.717, 1.165) is 0 Å². The van der Waals surface area contributed by atoms with Gasteiger partial charge in [-0.1, -0.05) is 27.4 Å². The third-order valence-corrected chi connectivity index (χ3v) is 9.37. The lowest BCUT2D eigenvalue weighted by Gasteiger charge is -2.53. The first-order chi connectivity index (χ1) is 14.8. The molecule has 5 rings (SSSR count). The molecule has 0 aromatic rings. The summed E-state index contributed by atoms with van der Waals surface area (Å²) in [5.74, 6) is -3.40. The molecule has 11 atom stereocenters. The molecular weight excluding hydrogens is 416 g/mol. The van der Waals surface area contributed by atoms with E-state index in [1.807, 2.05) is 13.8 Å². The Hall–Kier alpha value is -1.77. The van der Waals surface area contributed by atoms with Gasteiger partial charge in [-0.2, -0.15) is 0 Å². The molecule has 0 aromatic carbocycles. The standard InChI is InChI=1S/C24H32O8/c1-7-10(2)18(27)30-17-11(3)8-23-19(28)21(6)16-15(24(17,23)32-23)12(4)14(26)9-22(16,13(5)25)20(29)31-21/h10-11,14-17,19,26,28H,4,7-9H2,1-3,5-6H3/t10-,11-,14+,15-,16-,17-,19+,21-,22+,23+,24+/m1/s1. The Balaban J connectivity index is 1.69. The molecule has 0 radical (unpaired) electrons. The molecule has 0 unspecified atom stereocenters. The van der Waals surface area contributed by atoms with Crippen LogP contribution in [0.4, 0.5) is 0 Å². The maximum atomic E-state index is 13.2. The summed E-state index contributed by atoms with van der Waals surface area (Å²) >= 11 is 0. The van der Waals surface area contributed by atoms with Crippen LogP contribution < -0.4 is 0 Å². The molecule has 8 heteroatoms. The zero-order chi connectivity index (χ0) is 23.6. The minimum absolute atomic E-state index is 0.136. The van der Waals surface area contributed by atoms with E-state index in [1.165, 1.54) is 6.92 Å². The van der Waals surface area contributed by atoms with Crippen molar-refractivity contribution in [2.24, 2.45) is 29.1 Å². The van der Waals surface area contributed by atoms with E-state index in [-0.39, 0.29) is 24.2 Å². The number of hydrogen-bond acceptors (Lipinski definition) is 8. The molecule has 0 bridgehead atoms. The maximum Gasteiger partial charge on any atom is 0.320 e. The largest absolute Gasteiger partial charge is 0.459 e. The molecule has 0 amide bonds. The van der Waals surface area contributed by atoms with E-state index in [4.69, 9.17) is 14.2 Å².